The molecule has 1 aliphatic heterocycles. The van der Waals surface area contributed by atoms with Gasteiger partial charge in [0.2, 0.25) is 5.91 Å². The van der Waals surface area contributed by atoms with E-state index in [0.717, 1.165) is 19.4 Å². The van der Waals surface area contributed by atoms with Crippen LogP contribution in [-0.4, -0.2) is 12.5 Å². The van der Waals surface area contributed by atoms with Crippen LogP contribution >= 0.6 is 0 Å². The fraction of sp³-hybridized carbons (Fsp3) is 0.625. The third-order valence-electron chi connectivity index (χ3n) is 2.70. The van der Waals surface area contributed by atoms with Crippen LogP contribution in [0.4, 0.5) is 0 Å². The summed E-state index contributed by atoms with van der Waals surface area (Å²) in [6, 6.07) is 0. The van der Waals surface area contributed by atoms with Crippen molar-refractivity contribution in [3.63, 3.8) is 0 Å². The fourth-order valence-electron chi connectivity index (χ4n) is 1.92. The number of carbonyl (C=O) groups is 1. The van der Waals surface area contributed by atoms with E-state index in [1.54, 1.807) is 0 Å². The molecular weight excluding hydrogens is 126 g/mol. The summed E-state index contributed by atoms with van der Waals surface area (Å²) >= 11 is 0. The van der Waals surface area contributed by atoms with Crippen LogP contribution < -0.4 is 5.32 Å². The first-order valence-electron chi connectivity index (χ1n) is 3.69. The van der Waals surface area contributed by atoms with E-state index in [2.05, 4.69) is 11.9 Å². The first-order chi connectivity index (χ1) is 4.79. The fourth-order valence-corrected chi connectivity index (χ4v) is 1.92. The predicted octanol–water partition coefficient (Wildman–Crippen LogP) is 0.699. The number of carbonyl (C=O) groups excluding carboxylic acids is 1. The highest BCUT2D eigenvalue weighted by Crippen LogP contribution is 2.58. The molecule has 0 bridgehead atoms. The Hall–Kier alpha value is -0.790. The maximum Gasteiger partial charge on any atom is 0.226 e. The van der Waals surface area contributed by atoms with E-state index < -0.39 is 0 Å². The lowest BCUT2D eigenvalue weighted by Gasteiger charge is -2.04. The molecule has 0 radical (unpaired) electrons. The number of rotatable bonds is 2. The van der Waals surface area contributed by atoms with Gasteiger partial charge >= 0.3 is 0 Å². The van der Waals surface area contributed by atoms with Crippen LogP contribution in [-0.2, 0) is 4.79 Å². The van der Waals surface area contributed by atoms with Crippen molar-refractivity contribution in [2.75, 3.05) is 6.54 Å². The summed E-state index contributed by atoms with van der Waals surface area (Å²) in [6.45, 7) is 4.55. The van der Waals surface area contributed by atoms with Crippen LogP contribution in [0.1, 0.15) is 12.8 Å². The molecule has 2 heteroatoms. The highest BCUT2D eigenvalue weighted by molar-refractivity contribution is 5.88. The minimum absolute atomic E-state index is 0.00174. The highest BCUT2D eigenvalue weighted by atomic mass is 16.2. The van der Waals surface area contributed by atoms with Gasteiger partial charge in [0.05, 0.1) is 5.41 Å². The first kappa shape index (κ1) is 5.96. The second kappa shape index (κ2) is 1.62. The molecule has 2 rings (SSSR count). The van der Waals surface area contributed by atoms with Gasteiger partial charge in [0.25, 0.3) is 0 Å². The highest BCUT2D eigenvalue weighted by Gasteiger charge is 2.62. The van der Waals surface area contributed by atoms with Gasteiger partial charge in [-0.15, -0.1) is 6.58 Å². The molecule has 1 aliphatic carbocycles. The van der Waals surface area contributed by atoms with Gasteiger partial charge in [-0.2, -0.15) is 0 Å². The molecule has 2 aliphatic rings. The van der Waals surface area contributed by atoms with E-state index in [1.165, 1.54) is 0 Å². The third-order valence-corrected chi connectivity index (χ3v) is 2.70. The molecule has 54 valence electrons. The van der Waals surface area contributed by atoms with E-state index in [1.807, 2.05) is 6.08 Å². The van der Waals surface area contributed by atoms with Crippen molar-refractivity contribution in [2.24, 2.45) is 11.3 Å². The lowest BCUT2D eigenvalue weighted by Crippen LogP contribution is -2.24. The molecule has 0 aromatic rings. The average molecular weight is 137 g/mol. The molecule has 1 saturated heterocycles. The Morgan fingerprint density at radius 1 is 1.90 bits per heavy atom. The van der Waals surface area contributed by atoms with Crippen molar-refractivity contribution in [2.45, 2.75) is 12.8 Å². The smallest absolute Gasteiger partial charge is 0.226 e. The summed E-state index contributed by atoms with van der Waals surface area (Å²) in [5.41, 5.74) is 0.00174. The molecule has 0 spiro atoms. The van der Waals surface area contributed by atoms with Gasteiger partial charge in [0, 0.05) is 6.54 Å². The van der Waals surface area contributed by atoms with Gasteiger partial charge in [0.1, 0.15) is 0 Å². The Bertz CT molecular complexity index is 199. The number of fused-ring (bicyclic) bond motifs is 1. The summed E-state index contributed by atoms with van der Waals surface area (Å²) in [5.74, 6) is 0.871. The van der Waals surface area contributed by atoms with Gasteiger partial charge in [-0.25, -0.2) is 0 Å². The molecule has 2 fully saturated rings. The summed E-state index contributed by atoms with van der Waals surface area (Å²) in [6.07, 6.45) is 3.80. The molecule has 1 heterocycles. The number of hydrogen-bond acceptors (Lipinski definition) is 1. The second-order valence-corrected chi connectivity index (χ2v) is 3.26. The lowest BCUT2D eigenvalue weighted by atomic mass is 10.0. The van der Waals surface area contributed by atoms with Crippen molar-refractivity contribution < 1.29 is 4.79 Å². The summed E-state index contributed by atoms with van der Waals surface area (Å²) in [4.78, 5) is 11.2. The van der Waals surface area contributed by atoms with Crippen LogP contribution in [0, 0.1) is 11.3 Å². The Morgan fingerprint density at radius 2 is 2.70 bits per heavy atom. The maximum atomic E-state index is 11.2. The van der Waals surface area contributed by atoms with E-state index in [-0.39, 0.29) is 11.3 Å². The minimum Gasteiger partial charge on any atom is -0.355 e. The van der Waals surface area contributed by atoms with E-state index in [0.29, 0.717) is 5.92 Å². The molecule has 1 saturated carbocycles. The number of amides is 1. The van der Waals surface area contributed by atoms with E-state index >= 15 is 0 Å². The summed E-state index contributed by atoms with van der Waals surface area (Å²) < 4.78 is 0. The monoisotopic (exact) mass is 137 g/mol. The van der Waals surface area contributed by atoms with Gasteiger partial charge < -0.3 is 5.32 Å². The van der Waals surface area contributed by atoms with Crippen molar-refractivity contribution in [3.8, 4) is 0 Å². The Balaban J connectivity index is 2.16. The van der Waals surface area contributed by atoms with E-state index in [9.17, 15) is 4.79 Å². The number of nitrogens with one attached hydrogen (secondary N) is 1. The van der Waals surface area contributed by atoms with Crippen LogP contribution in [0.2, 0.25) is 0 Å². The van der Waals surface area contributed by atoms with Gasteiger partial charge in [-0.3, -0.25) is 4.79 Å². The van der Waals surface area contributed by atoms with Crippen molar-refractivity contribution >= 4 is 5.91 Å². The lowest BCUT2D eigenvalue weighted by molar-refractivity contribution is -0.124. The van der Waals surface area contributed by atoms with Gasteiger partial charge in [0.15, 0.2) is 0 Å². The van der Waals surface area contributed by atoms with Crippen molar-refractivity contribution in [3.05, 3.63) is 12.7 Å². The summed E-state index contributed by atoms with van der Waals surface area (Å²) in [5, 5.41) is 2.86. The SMILES string of the molecule is C=CCC12CC1CNC2=O. The minimum atomic E-state index is 0.00174. The predicted molar refractivity (Wildman–Crippen MR) is 38.4 cm³/mol. The molecule has 10 heavy (non-hydrogen) atoms. The zero-order valence-corrected chi connectivity index (χ0v) is 5.89. The average Bonchev–Trinajstić information content (AvgIpc) is 2.53. The van der Waals surface area contributed by atoms with Crippen molar-refractivity contribution in [1.82, 2.24) is 5.32 Å². The van der Waals surface area contributed by atoms with Crippen LogP contribution in [0.3, 0.4) is 0 Å². The topological polar surface area (TPSA) is 29.1 Å². The van der Waals surface area contributed by atoms with Crippen LogP contribution in [0.15, 0.2) is 12.7 Å². The quantitative estimate of drug-likeness (QED) is 0.558. The third kappa shape index (κ3) is 0.516. The Morgan fingerprint density at radius 3 is 3.10 bits per heavy atom. The standard InChI is InChI=1S/C8H11NO/c1-2-3-8-4-6(8)5-9-7(8)10/h2,6H,1,3-5H2,(H,9,10). The maximum absolute atomic E-state index is 11.2. The molecule has 2 unspecified atom stereocenters. The molecule has 0 aromatic carbocycles. The van der Waals surface area contributed by atoms with Crippen molar-refractivity contribution in [1.29, 1.82) is 0 Å². The molecule has 2 nitrogen and oxygen atoms in total. The number of allylic oxidation sites excluding steroid dienone is 1. The summed E-state index contributed by atoms with van der Waals surface area (Å²) in [7, 11) is 0. The van der Waals surface area contributed by atoms with Crippen LogP contribution in [0.25, 0.3) is 0 Å². The number of hydrogen-bond donors (Lipinski definition) is 1. The molecule has 2 atom stereocenters. The zero-order valence-electron chi connectivity index (χ0n) is 5.89. The molecule has 0 aromatic heterocycles. The Labute approximate surface area is 60.3 Å². The van der Waals surface area contributed by atoms with E-state index in [4.69, 9.17) is 0 Å². The zero-order chi connectivity index (χ0) is 7.19. The largest absolute Gasteiger partial charge is 0.355 e. The molecule has 1 N–H and O–H groups in total. The Kier molecular flexibility index (Phi) is 0.967. The van der Waals surface area contributed by atoms with Crippen LogP contribution in [0.5, 0.6) is 0 Å². The number of piperidine rings is 1. The normalized spacial score (nSPS) is 42.4. The van der Waals surface area contributed by atoms with Gasteiger partial charge in [-0.05, 0) is 18.8 Å². The molecular formula is C8H11NO. The second-order valence-electron chi connectivity index (χ2n) is 3.26. The molecule has 1 amide bonds. The van der Waals surface area contributed by atoms with Gasteiger partial charge in [-0.1, -0.05) is 6.08 Å². The first-order valence-corrected chi connectivity index (χ1v) is 3.69.